The zero-order chi connectivity index (χ0) is 20.6. The molecule has 0 amide bonds. The number of piperazine rings is 1. The van der Waals surface area contributed by atoms with Gasteiger partial charge in [-0.05, 0) is 12.1 Å². The fourth-order valence-corrected chi connectivity index (χ4v) is 3.38. The van der Waals surface area contributed by atoms with Crippen molar-refractivity contribution in [2.75, 3.05) is 65.6 Å². The number of nitrogens with zero attached hydrogens (tertiary/aromatic N) is 3. The molecule has 1 aliphatic heterocycles. The second kappa shape index (κ2) is 10.2. The Kier molecular flexibility index (Phi) is 7.37. The summed E-state index contributed by atoms with van der Waals surface area (Å²) in [7, 11) is 4.67. The molecule has 29 heavy (non-hydrogen) atoms. The molecule has 1 aliphatic rings. The Morgan fingerprint density at radius 3 is 2.24 bits per heavy atom. The monoisotopic (exact) mass is 403 g/mol. The fraction of sp³-hybridized carbons (Fsp3) is 0.476. The number of aliphatic hydroxyl groups excluding tert-OH is 1. The summed E-state index contributed by atoms with van der Waals surface area (Å²) < 4.78 is 21.7. The quantitative estimate of drug-likeness (QED) is 0.678. The van der Waals surface area contributed by atoms with Gasteiger partial charge in [0, 0.05) is 51.1 Å². The molecule has 0 radical (unpaired) electrons. The predicted octanol–water partition coefficient (Wildman–Crippen LogP) is 1.67. The van der Waals surface area contributed by atoms with Gasteiger partial charge in [0.1, 0.15) is 24.3 Å². The number of aliphatic hydroxyl groups is 1. The molecule has 1 N–H and O–H groups in total. The van der Waals surface area contributed by atoms with E-state index in [2.05, 4.69) is 14.8 Å². The topological polar surface area (TPSA) is 76.5 Å². The third-order valence-electron chi connectivity index (χ3n) is 4.90. The molecule has 1 fully saturated rings. The van der Waals surface area contributed by atoms with E-state index in [1.165, 1.54) is 0 Å². The lowest BCUT2D eigenvalue weighted by molar-refractivity contribution is 0.0660. The molecular formula is C21H29N3O5. The van der Waals surface area contributed by atoms with E-state index in [1.54, 1.807) is 33.5 Å². The van der Waals surface area contributed by atoms with Gasteiger partial charge in [-0.2, -0.15) is 0 Å². The van der Waals surface area contributed by atoms with Crippen LogP contribution in [0, 0.1) is 0 Å². The Labute approximate surface area is 171 Å². The molecule has 1 aromatic heterocycles. The van der Waals surface area contributed by atoms with Crippen LogP contribution in [0.3, 0.4) is 0 Å². The number of methoxy groups -OCH3 is 3. The second-order valence-electron chi connectivity index (χ2n) is 6.80. The zero-order valence-electron chi connectivity index (χ0n) is 17.2. The molecule has 8 heteroatoms. The van der Waals surface area contributed by atoms with Crippen LogP contribution in [0.5, 0.6) is 23.0 Å². The molecular weight excluding hydrogens is 374 g/mol. The van der Waals surface area contributed by atoms with Crippen LogP contribution in [-0.2, 0) is 0 Å². The SMILES string of the molecule is COc1cc(OCC(O)CN2CCN(c3ccccn3)CC2)cc(OC)c1OC. The van der Waals surface area contributed by atoms with Crippen LogP contribution in [0.15, 0.2) is 36.5 Å². The minimum Gasteiger partial charge on any atom is -0.493 e. The third-order valence-corrected chi connectivity index (χ3v) is 4.90. The van der Waals surface area contributed by atoms with Crippen LogP contribution in [-0.4, -0.2) is 81.8 Å². The first-order valence-electron chi connectivity index (χ1n) is 9.63. The van der Waals surface area contributed by atoms with E-state index in [9.17, 15) is 5.11 Å². The molecule has 2 heterocycles. The molecule has 158 valence electrons. The highest BCUT2D eigenvalue weighted by molar-refractivity contribution is 5.55. The number of hydrogen-bond acceptors (Lipinski definition) is 8. The summed E-state index contributed by atoms with van der Waals surface area (Å²) in [5.74, 6) is 3.09. The van der Waals surface area contributed by atoms with Gasteiger partial charge in [0.15, 0.2) is 11.5 Å². The van der Waals surface area contributed by atoms with Crippen molar-refractivity contribution in [1.82, 2.24) is 9.88 Å². The Hall–Kier alpha value is -2.71. The van der Waals surface area contributed by atoms with Crippen molar-refractivity contribution in [3.63, 3.8) is 0 Å². The van der Waals surface area contributed by atoms with Gasteiger partial charge in [-0.1, -0.05) is 6.07 Å². The molecule has 8 nitrogen and oxygen atoms in total. The van der Waals surface area contributed by atoms with E-state index in [0.29, 0.717) is 29.5 Å². The van der Waals surface area contributed by atoms with Gasteiger partial charge in [-0.25, -0.2) is 4.98 Å². The first-order valence-corrected chi connectivity index (χ1v) is 9.63. The normalized spacial score (nSPS) is 15.7. The van der Waals surface area contributed by atoms with E-state index in [0.717, 1.165) is 32.0 Å². The molecule has 0 bridgehead atoms. The van der Waals surface area contributed by atoms with E-state index in [1.807, 2.05) is 24.4 Å². The summed E-state index contributed by atoms with van der Waals surface area (Å²) in [6, 6.07) is 9.39. The van der Waals surface area contributed by atoms with Crippen LogP contribution in [0.25, 0.3) is 0 Å². The summed E-state index contributed by atoms with van der Waals surface area (Å²) in [6.07, 6.45) is 1.21. The molecule has 1 unspecified atom stereocenters. The van der Waals surface area contributed by atoms with Gasteiger partial charge < -0.3 is 29.0 Å². The van der Waals surface area contributed by atoms with Crippen molar-refractivity contribution >= 4 is 5.82 Å². The van der Waals surface area contributed by atoms with Crippen molar-refractivity contribution in [3.05, 3.63) is 36.5 Å². The van der Waals surface area contributed by atoms with Crippen LogP contribution < -0.4 is 23.8 Å². The first kappa shape index (κ1) is 21.0. The summed E-state index contributed by atoms with van der Waals surface area (Å²) in [4.78, 5) is 8.90. The molecule has 1 aromatic carbocycles. The van der Waals surface area contributed by atoms with Gasteiger partial charge >= 0.3 is 0 Å². The van der Waals surface area contributed by atoms with Gasteiger partial charge in [0.25, 0.3) is 0 Å². The van der Waals surface area contributed by atoms with Crippen molar-refractivity contribution in [3.8, 4) is 23.0 Å². The van der Waals surface area contributed by atoms with E-state index < -0.39 is 6.10 Å². The largest absolute Gasteiger partial charge is 0.493 e. The minimum atomic E-state index is -0.601. The number of ether oxygens (including phenoxy) is 4. The molecule has 3 rings (SSSR count). The summed E-state index contributed by atoms with van der Waals surface area (Å²) in [6.45, 7) is 4.25. The van der Waals surface area contributed by atoms with E-state index >= 15 is 0 Å². The van der Waals surface area contributed by atoms with Crippen molar-refractivity contribution in [1.29, 1.82) is 0 Å². The standard InChI is InChI=1S/C21H29N3O5/c1-26-18-12-17(13-19(27-2)21(18)28-3)29-15-16(25)14-23-8-10-24(11-9-23)20-6-4-5-7-22-20/h4-7,12-13,16,25H,8-11,14-15H2,1-3H3. The fourth-order valence-electron chi connectivity index (χ4n) is 3.38. The molecule has 2 aromatic rings. The Morgan fingerprint density at radius 2 is 1.69 bits per heavy atom. The third kappa shape index (κ3) is 5.42. The van der Waals surface area contributed by atoms with Crippen LogP contribution in [0.2, 0.25) is 0 Å². The van der Waals surface area contributed by atoms with E-state index in [-0.39, 0.29) is 6.61 Å². The van der Waals surface area contributed by atoms with E-state index in [4.69, 9.17) is 18.9 Å². The maximum absolute atomic E-state index is 10.4. The highest BCUT2D eigenvalue weighted by atomic mass is 16.5. The molecule has 1 saturated heterocycles. The lowest BCUT2D eigenvalue weighted by atomic mass is 10.2. The molecule has 0 spiro atoms. The summed E-state index contributed by atoms with van der Waals surface area (Å²) in [5.41, 5.74) is 0. The van der Waals surface area contributed by atoms with Crippen molar-refractivity contribution in [2.24, 2.45) is 0 Å². The summed E-state index contributed by atoms with van der Waals surface area (Å²) in [5, 5.41) is 10.4. The molecule has 1 atom stereocenters. The highest BCUT2D eigenvalue weighted by Gasteiger charge is 2.21. The van der Waals surface area contributed by atoms with Crippen LogP contribution in [0.1, 0.15) is 0 Å². The summed E-state index contributed by atoms with van der Waals surface area (Å²) >= 11 is 0. The lowest BCUT2D eigenvalue weighted by Gasteiger charge is -2.36. The smallest absolute Gasteiger partial charge is 0.203 e. The highest BCUT2D eigenvalue weighted by Crippen LogP contribution is 2.40. The number of hydrogen-bond donors (Lipinski definition) is 1. The maximum atomic E-state index is 10.4. The zero-order valence-corrected chi connectivity index (χ0v) is 17.2. The van der Waals surface area contributed by atoms with Crippen LogP contribution in [0.4, 0.5) is 5.82 Å². The van der Waals surface area contributed by atoms with Crippen molar-refractivity contribution in [2.45, 2.75) is 6.10 Å². The number of rotatable bonds is 9. The molecule has 0 aliphatic carbocycles. The number of anilines is 1. The number of aromatic nitrogens is 1. The number of benzene rings is 1. The Balaban J connectivity index is 1.49. The van der Waals surface area contributed by atoms with Gasteiger partial charge in [-0.15, -0.1) is 0 Å². The number of β-amino-alcohol motifs (C(OH)–C–C–N with tert-alkyl or cyclic N) is 1. The van der Waals surface area contributed by atoms with Crippen molar-refractivity contribution < 1.29 is 24.1 Å². The van der Waals surface area contributed by atoms with Crippen LogP contribution >= 0.6 is 0 Å². The van der Waals surface area contributed by atoms with Gasteiger partial charge in [0.05, 0.1) is 21.3 Å². The number of pyridine rings is 1. The Morgan fingerprint density at radius 1 is 1.00 bits per heavy atom. The maximum Gasteiger partial charge on any atom is 0.203 e. The minimum absolute atomic E-state index is 0.180. The Bertz CT molecular complexity index is 741. The average Bonchev–Trinajstić information content (AvgIpc) is 2.78. The predicted molar refractivity (Wildman–Crippen MR) is 110 cm³/mol. The first-order chi connectivity index (χ1) is 14.1. The average molecular weight is 403 g/mol. The molecule has 0 saturated carbocycles. The second-order valence-corrected chi connectivity index (χ2v) is 6.80. The van der Waals surface area contributed by atoms with Gasteiger partial charge in [-0.3, -0.25) is 4.90 Å². The lowest BCUT2D eigenvalue weighted by Crippen LogP contribution is -2.49. The van der Waals surface area contributed by atoms with Gasteiger partial charge in [0.2, 0.25) is 5.75 Å².